The number of benzene rings is 1. The average Bonchev–Trinajstić information content (AvgIpc) is 3.43. The second-order valence-electron chi connectivity index (χ2n) is 8.14. The third-order valence-corrected chi connectivity index (χ3v) is 6.12. The molecule has 0 spiro atoms. The number of halogens is 1. The summed E-state index contributed by atoms with van der Waals surface area (Å²) in [7, 11) is 0. The first-order chi connectivity index (χ1) is 14.1. The molecule has 0 atom stereocenters. The standard InChI is InChI=1S/C21H30FN5O2/c22-18-15-17(5-6-19(18)25-7-1-2-8-25)23-21(29)27-13-11-24(12-14-27)16-20(28)26-9-3-4-10-26/h5-6,15H,1-4,7-14,16H2,(H,23,29). The van der Waals surface area contributed by atoms with Crippen molar-refractivity contribution in [3.05, 3.63) is 24.0 Å². The fraction of sp³-hybridized carbons (Fsp3) is 0.619. The lowest BCUT2D eigenvalue weighted by molar-refractivity contribution is -0.131. The summed E-state index contributed by atoms with van der Waals surface area (Å²) in [5, 5.41) is 2.81. The number of amides is 3. The Labute approximate surface area is 171 Å². The summed E-state index contributed by atoms with van der Waals surface area (Å²) in [5.74, 6) is -0.107. The van der Waals surface area contributed by atoms with Crippen LogP contribution in [0.25, 0.3) is 0 Å². The van der Waals surface area contributed by atoms with Crippen LogP contribution in [0, 0.1) is 5.82 Å². The molecule has 0 aromatic heterocycles. The van der Waals surface area contributed by atoms with Crippen LogP contribution in [0.3, 0.4) is 0 Å². The second kappa shape index (κ2) is 8.98. The first kappa shape index (κ1) is 19.9. The van der Waals surface area contributed by atoms with Crippen LogP contribution in [0.1, 0.15) is 25.7 Å². The number of carbonyl (C=O) groups is 2. The minimum atomic E-state index is -0.296. The number of hydrogen-bond acceptors (Lipinski definition) is 4. The van der Waals surface area contributed by atoms with Gasteiger partial charge in [0, 0.05) is 58.0 Å². The largest absolute Gasteiger partial charge is 0.369 e. The Balaban J connectivity index is 1.25. The van der Waals surface area contributed by atoms with Crippen molar-refractivity contribution in [3.63, 3.8) is 0 Å². The Morgan fingerprint density at radius 2 is 1.52 bits per heavy atom. The smallest absolute Gasteiger partial charge is 0.321 e. The maximum atomic E-state index is 14.4. The van der Waals surface area contributed by atoms with E-state index in [2.05, 4.69) is 10.2 Å². The summed E-state index contributed by atoms with van der Waals surface area (Å²) < 4.78 is 14.4. The molecule has 0 radical (unpaired) electrons. The summed E-state index contributed by atoms with van der Waals surface area (Å²) in [4.78, 5) is 32.6. The van der Waals surface area contributed by atoms with Crippen molar-refractivity contribution in [2.24, 2.45) is 0 Å². The molecule has 0 bridgehead atoms. The zero-order valence-corrected chi connectivity index (χ0v) is 16.9. The lowest BCUT2D eigenvalue weighted by Gasteiger charge is -2.35. The molecule has 3 aliphatic rings. The maximum Gasteiger partial charge on any atom is 0.321 e. The number of urea groups is 1. The van der Waals surface area contributed by atoms with E-state index in [1.165, 1.54) is 6.07 Å². The van der Waals surface area contributed by atoms with E-state index in [9.17, 15) is 14.0 Å². The molecule has 1 aromatic carbocycles. The van der Waals surface area contributed by atoms with Crippen molar-refractivity contribution < 1.29 is 14.0 Å². The normalized spacial score (nSPS) is 20.4. The number of carbonyl (C=O) groups excluding carboxylic acids is 2. The van der Waals surface area contributed by atoms with Crippen molar-refractivity contribution in [2.45, 2.75) is 25.7 Å². The topological polar surface area (TPSA) is 59.1 Å². The lowest BCUT2D eigenvalue weighted by Crippen LogP contribution is -2.52. The minimum Gasteiger partial charge on any atom is -0.369 e. The molecule has 8 heteroatoms. The van der Waals surface area contributed by atoms with E-state index in [1.54, 1.807) is 17.0 Å². The quantitative estimate of drug-likeness (QED) is 0.837. The SMILES string of the molecule is O=C(CN1CCN(C(=O)Nc2ccc(N3CCCC3)c(F)c2)CC1)N1CCCC1. The second-order valence-corrected chi connectivity index (χ2v) is 8.14. The zero-order chi connectivity index (χ0) is 20.2. The van der Waals surface area contributed by atoms with E-state index < -0.39 is 0 Å². The maximum absolute atomic E-state index is 14.4. The molecule has 158 valence electrons. The van der Waals surface area contributed by atoms with Crippen LogP contribution in [0.15, 0.2) is 18.2 Å². The van der Waals surface area contributed by atoms with E-state index in [0.29, 0.717) is 44.1 Å². The lowest BCUT2D eigenvalue weighted by atomic mass is 10.2. The van der Waals surface area contributed by atoms with E-state index in [0.717, 1.165) is 51.9 Å². The van der Waals surface area contributed by atoms with Crippen LogP contribution >= 0.6 is 0 Å². The van der Waals surface area contributed by atoms with Gasteiger partial charge in [-0.05, 0) is 43.9 Å². The van der Waals surface area contributed by atoms with E-state index in [-0.39, 0.29) is 17.8 Å². The predicted molar refractivity (Wildman–Crippen MR) is 111 cm³/mol. The summed E-state index contributed by atoms with van der Waals surface area (Å²) in [6.45, 7) is 6.41. The van der Waals surface area contributed by atoms with E-state index in [4.69, 9.17) is 0 Å². The number of likely N-dealkylation sites (tertiary alicyclic amines) is 1. The van der Waals surface area contributed by atoms with Crippen molar-refractivity contribution in [3.8, 4) is 0 Å². The van der Waals surface area contributed by atoms with E-state index in [1.807, 2.05) is 9.80 Å². The van der Waals surface area contributed by atoms with Crippen molar-refractivity contribution in [1.29, 1.82) is 0 Å². The summed E-state index contributed by atoms with van der Waals surface area (Å²) in [6, 6.07) is 4.69. The molecule has 0 aliphatic carbocycles. The van der Waals surface area contributed by atoms with Gasteiger partial charge in [-0.3, -0.25) is 9.69 Å². The van der Waals surface area contributed by atoms with Crippen LogP contribution in [0.2, 0.25) is 0 Å². The van der Waals surface area contributed by atoms with Crippen LogP contribution < -0.4 is 10.2 Å². The van der Waals surface area contributed by atoms with Gasteiger partial charge in [-0.2, -0.15) is 0 Å². The van der Waals surface area contributed by atoms with Crippen LogP contribution in [0.4, 0.5) is 20.6 Å². The Bertz CT molecular complexity index is 739. The molecular weight excluding hydrogens is 373 g/mol. The molecule has 1 aromatic rings. The van der Waals surface area contributed by atoms with Gasteiger partial charge >= 0.3 is 6.03 Å². The van der Waals surface area contributed by atoms with Gasteiger partial charge in [0.15, 0.2) is 0 Å². The Morgan fingerprint density at radius 1 is 0.862 bits per heavy atom. The molecule has 4 rings (SSSR count). The molecule has 3 amide bonds. The highest BCUT2D eigenvalue weighted by Crippen LogP contribution is 2.26. The van der Waals surface area contributed by atoms with Gasteiger partial charge in [-0.1, -0.05) is 0 Å². The highest BCUT2D eigenvalue weighted by Gasteiger charge is 2.25. The van der Waals surface area contributed by atoms with Gasteiger partial charge in [-0.15, -0.1) is 0 Å². The molecule has 1 N–H and O–H groups in total. The number of hydrogen-bond donors (Lipinski definition) is 1. The molecular formula is C21H30FN5O2. The molecule has 3 saturated heterocycles. The number of anilines is 2. The first-order valence-corrected chi connectivity index (χ1v) is 10.7. The molecule has 3 heterocycles. The fourth-order valence-electron chi connectivity index (χ4n) is 4.37. The minimum absolute atomic E-state index is 0.189. The number of rotatable bonds is 4. The van der Waals surface area contributed by atoms with Crippen LogP contribution in [-0.2, 0) is 4.79 Å². The Hall–Kier alpha value is -2.35. The monoisotopic (exact) mass is 403 g/mol. The average molecular weight is 404 g/mol. The third-order valence-electron chi connectivity index (χ3n) is 6.12. The Morgan fingerprint density at radius 3 is 2.17 bits per heavy atom. The van der Waals surface area contributed by atoms with Gasteiger partial charge in [0.25, 0.3) is 0 Å². The van der Waals surface area contributed by atoms with Crippen LogP contribution in [0.5, 0.6) is 0 Å². The van der Waals surface area contributed by atoms with Crippen LogP contribution in [-0.4, -0.2) is 85.5 Å². The highest BCUT2D eigenvalue weighted by atomic mass is 19.1. The molecule has 29 heavy (non-hydrogen) atoms. The summed E-state index contributed by atoms with van der Waals surface area (Å²) >= 11 is 0. The third kappa shape index (κ3) is 4.80. The molecule has 3 aliphatic heterocycles. The van der Waals surface area contributed by atoms with Gasteiger partial charge in [0.2, 0.25) is 5.91 Å². The van der Waals surface area contributed by atoms with Gasteiger partial charge in [0.05, 0.1) is 12.2 Å². The van der Waals surface area contributed by atoms with Crippen molar-refractivity contribution >= 4 is 23.3 Å². The number of nitrogens with one attached hydrogen (secondary N) is 1. The zero-order valence-electron chi connectivity index (χ0n) is 16.9. The molecule has 0 saturated carbocycles. The van der Waals surface area contributed by atoms with Gasteiger partial charge in [0.1, 0.15) is 5.82 Å². The Kier molecular flexibility index (Phi) is 6.18. The molecule has 3 fully saturated rings. The molecule has 0 unspecified atom stereocenters. The van der Waals surface area contributed by atoms with E-state index >= 15 is 0 Å². The first-order valence-electron chi connectivity index (χ1n) is 10.7. The molecule has 7 nitrogen and oxygen atoms in total. The summed E-state index contributed by atoms with van der Waals surface area (Å²) in [6.07, 6.45) is 4.37. The predicted octanol–water partition coefficient (Wildman–Crippen LogP) is 2.20. The number of nitrogens with zero attached hydrogens (tertiary/aromatic N) is 4. The summed E-state index contributed by atoms with van der Waals surface area (Å²) in [5.41, 5.74) is 1.08. The fourth-order valence-corrected chi connectivity index (χ4v) is 4.37. The van der Waals surface area contributed by atoms with Gasteiger partial charge < -0.3 is 20.0 Å². The van der Waals surface area contributed by atoms with Crippen molar-refractivity contribution in [1.82, 2.24) is 14.7 Å². The highest BCUT2D eigenvalue weighted by molar-refractivity contribution is 5.89. The number of piperazine rings is 1. The van der Waals surface area contributed by atoms with Crippen molar-refractivity contribution in [2.75, 3.05) is 69.1 Å². The van der Waals surface area contributed by atoms with Gasteiger partial charge in [-0.25, -0.2) is 9.18 Å².